The first kappa shape index (κ1) is 18.6. The van der Waals surface area contributed by atoms with Crippen LogP contribution >= 0.6 is 11.3 Å². The second-order valence-corrected chi connectivity index (χ2v) is 8.50. The van der Waals surface area contributed by atoms with Crippen LogP contribution in [0.1, 0.15) is 39.1 Å². The van der Waals surface area contributed by atoms with Gasteiger partial charge >= 0.3 is 0 Å². The third kappa shape index (κ3) is 3.52. The van der Waals surface area contributed by atoms with Crippen molar-refractivity contribution in [2.75, 3.05) is 4.90 Å². The Kier molecular flexibility index (Phi) is 4.90. The molecule has 0 radical (unpaired) electrons. The van der Waals surface area contributed by atoms with Gasteiger partial charge in [-0.05, 0) is 73.5 Å². The molecule has 28 heavy (non-hydrogen) atoms. The largest absolute Gasteiger partial charge is 0.306 e. The average Bonchev–Trinajstić information content (AvgIpc) is 3.15. The number of rotatable bonds is 3. The molecule has 4 rings (SSSR count). The maximum atomic E-state index is 13.3. The van der Waals surface area contributed by atoms with Crippen molar-refractivity contribution in [2.24, 2.45) is 4.99 Å². The number of nitrogens with zero attached hydrogens (tertiary/aromatic N) is 2. The molecule has 3 nitrogen and oxygen atoms in total. The molecule has 1 aromatic heterocycles. The van der Waals surface area contributed by atoms with Crippen molar-refractivity contribution in [3.8, 4) is 0 Å². The lowest BCUT2D eigenvalue weighted by Crippen LogP contribution is -2.31. The number of carbonyl (C=O) groups excluding carboxylic acids is 1. The van der Waals surface area contributed by atoms with E-state index in [4.69, 9.17) is 4.99 Å². The van der Waals surface area contributed by atoms with Crippen molar-refractivity contribution < 1.29 is 4.79 Å². The molecule has 0 saturated heterocycles. The Morgan fingerprint density at radius 3 is 2.54 bits per heavy atom. The minimum absolute atomic E-state index is 0.0926. The van der Waals surface area contributed by atoms with Gasteiger partial charge in [0.05, 0.1) is 30.1 Å². The van der Waals surface area contributed by atoms with E-state index in [-0.39, 0.29) is 5.91 Å². The molecule has 3 aromatic rings. The van der Waals surface area contributed by atoms with Gasteiger partial charge < -0.3 is 4.90 Å². The van der Waals surface area contributed by atoms with E-state index < -0.39 is 0 Å². The third-order valence-corrected chi connectivity index (χ3v) is 6.31. The van der Waals surface area contributed by atoms with Crippen LogP contribution in [0.4, 0.5) is 11.4 Å². The number of anilines is 1. The Morgan fingerprint density at radius 2 is 1.79 bits per heavy atom. The monoisotopic (exact) mass is 388 g/mol. The van der Waals surface area contributed by atoms with Crippen LogP contribution in [-0.4, -0.2) is 11.6 Å². The number of carbonyl (C=O) groups is 1. The molecule has 0 N–H and O–H groups in total. The summed E-state index contributed by atoms with van der Waals surface area (Å²) >= 11 is 1.63. The van der Waals surface area contributed by atoms with Crippen LogP contribution in [0.5, 0.6) is 0 Å². The lowest BCUT2D eigenvalue weighted by Gasteiger charge is -2.24. The molecule has 2 heterocycles. The first-order chi connectivity index (χ1) is 13.4. The fourth-order valence-corrected chi connectivity index (χ4v) is 4.26. The van der Waals surface area contributed by atoms with Gasteiger partial charge in [-0.15, -0.1) is 11.3 Å². The van der Waals surface area contributed by atoms with Crippen LogP contribution in [0.25, 0.3) is 0 Å². The zero-order chi connectivity index (χ0) is 19.8. The molecule has 4 heteroatoms. The van der Waals surface area contributed by atoms with Crippen molar-refractivity contribution in [3.63, 3.8) is 0 Å². The van der Waals surface area contributed by atoms with Crippen LogP contribution in [0.15, 0.2) is 52.8 Å². The molecule has 0 atom stereocenters. The molecule has 0 saturated carbocycles. The van der Waals surface area contributed by atoms with Gasteiger partial charge in [0.2, 0.25) is 5.91 Å². The number of hydrogen-bond acceptors (Lipinski definition) is 3. The second-order valence-electron chi connectivity index (χ2n) is 7.55. The lowest BCUT2D eigenvalue weighted by atomic mass is 10.0. The van der Waals surface area contributed by atoms with Crippen molar-refractivity contribution >= 4 is 34.3 Å². The standard InChI is InChI=1S/C24H24N2OS/c1-15-7-8-16(2)19(10-15)14-26-22-12-18(4)17(3)11-20(22)25-21(13-24(26)27)23-6-5-9-28-23/h5-12H,13-14H2,1-4H3. The molecule has 2 aromatic carbocycles. The molecule has 0 fully saturated rings. The van der Waals surface area contributed by atoms with Crippen molar-refractivity contribution in [3.05, 3.63) is 80.5 Å². The molecule has 0 unspecified atom stereocenters. The normalized spacial score (nSPS) is 13.9. The van der Waals surface area contributed by atoms with Crippen molar-refractivity contribution in [1.29, 1.82) is 0 Å². The van der Waals surface area contributed by atoms with E-state index in [1.165, 1.54) is 27.8 Å². The topological polar surface area (TPSA) is 32.7 Å². The number of amides is 1. The Bertz CT molecular complexity index is 1080. The number of fused-ring (bicyclic) bond motifs is 1. The minimum atomic E-state index is 0.0926. The predicted molar refractivity (Wildman–Crippen MR) is 118 cm³/mol. The van der Waals surface area contributed by atoms with Gasteiger partial charge in [-0.1, -0.05) is 29.8 Å². The van der Waals surface area contributed by atoms with Gasteiger partial charge in [0.15, 0.2) is 0 Å². The first-order valence-electron chi connectivity index (χ1n) is 9.51. The summed E-state index contributed by atoms with van der Waals surface area (Å²) in [7, 11) is 0. The second kappa shape index (κ2) is 7.36. The lowest BCUT2D eigenvalue weighted by molar-refractivity contribution is -0.117. The van der Waals surface area contributed by atoms with Gasteiger partial charge in [-0.25, -0.2) is 4.99 Å². The molecular weight excluding hydrogens is 364 g/mol. The fraction of sp³-hybridized carbons (Fsp3) is 0.250. The summed E-state index contributed by atoms with van der Waals surface area (Å²) in [6.07, 6.45) is 0.318. The molecule has 0 bridgehead atoms. The molecule has 1 aliphatic heterocycles. The summed E-state index contributed by atoms with van der Waals surface area (Å²) in [6.45, 7) is 8.94. The Hall–Kier alpha value is -2.72. The van der Waals surface area contributed by atoms with E-state index in [0.717, 1.165) is 22.0 Å². The molecule has 1 amide bonds. The highest BCUT2D eigenvalue weighted by atomic mass is 32.1. The summed E-state index contributed by atoms with van der Waals surface area (Å²) in [4.78, 5) is 21.2. The van der Waals surface area contributed by atoms with Gasteiger partial charge in [-0.2, -0.15) is 0 Å². The SMILES string of the molecule is Cc1ccc(C)c(CN2C(=O)CC(c3cccs3)=Nc3cc(C)c(C)cc32)c1. The highest BCUT2D eigenvalue weighted by Gasteiger charge is 2.26. The van der Waals surface area contributed by atoms with E-state index in [9.17, 15) is 4.79 Å². The molecule has 142 valence electrons. The van der Waals surface area contributed by atoms with E-state index in [2.05, 4.69) is 58.0 Å². The summed E-state index contributed by atoms with van der Waals surface area (Å²) in [5.74, 6) is 0.0926. The fourth-order valence-electron chi connectivity index (χ4n) is 3.55. The average molecular weight is 389 g/mol. The number of hydrogen-bond donors (Lipinski definition) is 0. The summed E-state index contributed by atoms with van der Waals surface area (Å²) < 4.78 is 0. The van der Waals surface area contributed by atoms with Crippen LogP contribution < -0.4 is 4.90 Å². The van der Waals surface area contributed by atoms with Gasteiger partial charge in [0.1, 0.15) is 0 Å². The van der Waals surface area contributed by atoms with E-state index in [1.807, 2.05) is 22.4 Å². The Morgan fingerprint density at radius 1 is 1.00 bits per heavy atom. The maximum Gasteiger partial charge on any atom is 0.233 e. The molecule has 0 spiro atoms. The zero-order valence-corrected chi connectivity index (χ0v) is 17.6. The van der Waals surface area contributed by atoms with E-state index in [1.54, 1.807) is 11.3 Å². The molecule has 0 aliphatic carbocycles. The molecular formula is C24H24N2OS. The summed E-state index contributed by atoms with van der Waals surface area (Å²) in [5.41, 5.74) is 8.58. The van der Waals surface area contributed by atoms with Crippen LogP contribution in [-0.2, 0) is 11.3 Å². The van der Waals surface area contributed by atoms with Gasteiger partial charge in [-0.3, -0.25) is 4.79 Å². The zero-order valence-electron chi connectivity index (χ0n) is 16.7. The number of benzene rings is 2. The smallest absolute Gasteiger partial charge is 0.233 e. The summed E-state index contributed by atoms with van der Waals surface area (Å²) in [5, 5.41) is 2.03. The number of aliphatic imine (C=N–C) groups is 1. The van der Waals surface area contributed by atoms with Crippen LogP contribution in [0.2, 0.25) is 0 Å². The third-order valence-electron chi connectivity index (χ3n) is 5.40. The van der Waals surface area contributed by atoms with E-state index >= 15 is 0 Å². The van der Waals surface area contributed by atoms with Crippen LogP contribution in [0, 0.1) is 27.7 Å². The highest BCUT2D eigenvalue weighted by molar-refractivity contribution is 7.12. The Labute approximate surface area is 170 Å². The van der Waals surface area contributed by atoms with Gasteiger partial charge in [0, 0.05) is 4.88 Å². The van der Waals surface area contributed by atoms with Gasteiger partial charge in [0.25, 0.3) is 0 Å². The Balaban J connectivity index is 1.83. The summed E-state index contributed by atoms with van der Waals surface area (Å²) in [6, 6.07) is 14.7. The number of aryl methyl sites for hydroxylation is 4. The van der Waals surface area contributed by atoms with Crippen molar-refractivity contribution in [1.82, 2.24) is 0 Å². The first-order valence-corrected chi connectivity index (χ1v) is 10.4. The van der Waals surface area contributed by atoms with Crippen molar-refractivity contribution in [2.45, 2.75) is 40.7 Å². The molecule has 1 aliphatic rings. The minimum Gasteiger partial charge on any atom is -0.306 e. The van der Waals surface area contributed by atoms with Crippen LogP contribution in [0.3, 0.4) is 0 Å². The number of thiophene rings is 1. The highest BCUT2D eigenvalue weighted by Crippen LogP contribution is 2.37. The quantitative estimate of drug-likeness (QED) is 0.538. The predicted octanol–water partition coefficient (Wildman–Crippen LogP) is 6.04. The maximum absolute atomic E-state index is 13.3. The van der Waals surface area contributed by atoms with E-state index in [0.29, 0.717) is 13.0 Å².